The fourth-order valence-corrected chi connectivity index (χ4v) is 1.77. The number of benzene rings is 1. The third-order valence-corrected chi connectivity index (χ3v) is 2.80. The molecule has 0 aliphatic carbocycles. The number of nitrogens with zero attached hydrogens (tertiary/aromatic N) is 1. The van der Waals surface area contributed by atoms with Crippen LogP contribution in [0.4, 0.5) is 10.1 Å². The van der Waals surface area contributed by atoms with Crippen molar-refractivity contribution in [1.29, 1.82) is 0 Å². The summed E-state index contributed by atoms with van der Waals surface area (Å²) < 4.78 is 13.0. The second-order valence-corrected chi connectivity index (χ2v) is 4.43. The van der Waals surface area contributed by atoms with Crippen LogP contribution in [0.1, 0.15) is 11.3 Å². The Labute approximate surface area is 117 Å². The molecular weight excluding hydrogens is 257 g/mol. The van der Waals surface area contributed by atoms with Crippen LogP contribution >= 0.6 is 0 Å². The molecule has 4 nitrogen and oxygen atoms in total. The number of aryl methyl sites for hydroxylation is 1. The number of amides is 1. The van der Waals surface area contributed by atoms with E-state index in [1.54, 1.807) is 18.3 Å². The maximum atomic E-state index is 13.0. The monoisotopic (exact) mass is 273 g/mol. The van der Waals surface area contributed by atoms with E-state index in [0.717, 1.165) is 11.3 Å². The van der Waals surface area contributed by atoms with Crippen molar-refractivity contribution in [3.8, 4) is 0 Å². The largest absolute Gasteiger partial charge is 0.325 e. The molecule has 2 N–H and O–H groups in total. The summed E-state index contributed by atoms with van der Waals surface area (Å²) in [7, 11) is 0. The summed E-state index contributed by atoms with van der Waals surface area (Å²) in [4.78, 5) is 15.9. The third kappa shape index (κ3) is 4.13. The van der Waals surface area contributed by atoms with Crippen LogP contribution in [0, 0.1) is 12.7 Å². The van der Waals surface area contributed by atoms with E-state index in [-0.39, 0.29) is 18.3 Å². The Hall–Kier alpha value is -2.27. The Kier molecular flexibility index (Phi) is 4.79. The van der Waals surface area contributed by atoms with Crippen LogP contribution in [0.5, 0.6) is 0 Å². The number of pyridine rings is 1. The maximum Gasteiger partial charge on any atom is 0.238 e. The van der Waals surface area contributed by atoms with Gasteiger partial charge in [-0.05, 0) is 36.8 Å². The smallest absolute Gasteiger partial charge is 0.238 e. The molecule has 2 rings (SSSR count). The molecule has 0 saturated heterocycles. The number of halogens is 1. The zero-order valence-corrected chi connectivity index (χ0v) is 11.2. The number of nitrogens with one attached hydrogen (secondary N) is 2. The van der Waals surface area contributed by atoms with Gasteiger partial charge in [0.25, 0.3) is 0 Å². The van der Waals surface area contributed by atoms with Crippen LogP contribution in [-0.4, -0.2) is 17.4 Å². The number of hydrogen-bond acceptors (Lipinski definition) is 3. The molecule has 1 aromatic carbocycles. The minimum atomic E-state index is -0.375. The minimum absolute atomic E-state index is 0.145. The van der Waals surface area contributed by atoms with Crippen molar-refractivity contribution < 1.29 is 9.18 Å². The number of rotatable bonds is 5. The van der Waals surface area contributed by atoms with Crippen molar-refractivity contribution in [3.63, 3.8) is 0 Å². The number of anilines is 1. The highest BCUT2D eigenvalue weighted by Crippen LogP contribution is 2.08. The SMILES string of the molecule is Cc1cccnc1CNCC(=O)Nc1cccc(F)c1. The van der Waals surface area contributed by atoms with E-state index in [2.05, 4.69) is 15.6 Å². The van der Waals surface area contributed by atoms with Gasteiger partial charge in [-0.3, -0.25) is 9.78 Å². The Balaban J connectivity index is 1.80. The van der Waals surface area contributed by atoms with Crippen molar-refractivity contribution in [2.45, 2.75) is 13.5 Å². The van der Waals surface area contributed by atoms with Crippen LogP contribution in [-0.2, 0) is 11.3 Å². The van der Waals surface area contributed by atoms with Crippen LogP contribution in [0.2, 0.25) is 0 Å². The van der Waals surface area contributed by atoms with Crippen LogP contribution in [0.15, 0.2) is 42.6 Å². The summed E-state index contributed by atoms with van der Waals surface area (Å²) in [6.45, 7) is 2.63. The topological polar surface area (TPSA) is 54.0 Å². The Bertz CT molecular complexity index is 601. The summed E-state index contributed by atoms with van der Waals surface area (Å²) in [6.07, 6.45) is 1.72. The average molecular weight is 273 g/mol. The highest BCUT2D eigenvalue weighted by Gasteiger charge is 2.04. The Morgan fingerprint density at radius 1 is 1.30 bits per heavy atom. The molecule has 0 radical (unpaired) electrons. The highest BCUT2D eigenvalue weighted by atomic mass is 19.1. The van der Waals surface area contributed by atoms with Crippen LogP contribution in [0.3, 0.4) is 0 Å². The fraction of sp³-hybridized carbons (Fsp3) is 0.200. The molecule has 0 spiro atoms. The van der Waals surface area contributed by atoms with E-state index in [4.69, 9.17) is 0 Å². The van der Waals surface area contributed by atoms with Gasteiger partial charge in [0, 0.05) is 18.4 Å². The van der Waals surface area contributed by atoms with Gasteiger partial charge in [-0.1, -0.05) is 12.1 Å². The molecule has 104 valence electrons. The van der Waals surface area contributed by atoms with Crippen molar-refractivity contribution in [1.82, 2.24) is 10.3 Å². The first-order valence-electron chi connectivity index (χ1n) is 6.32. The van der Waals surface area contributed by atoms with Gasteiger partial charge < -0.3 is 10.6 Å². The Morgan fingerprint density at radius 3 is 2.90 bits per heavy atom. The number of carbonyl (C=O) groups excluding carboxylic acids is 1. The van der Waals surface area contributed by atoms with Crippen LogP contribution in [0.25, 0.3) is 0 Å². The summed E-state index contributed by atoms with van der Waals surface area (Å²) in [5.74, 6) is -0.593. The summed E-state index contributed by atoms with van der Waals surface area (Å²) in [5.41, 5.74) is 2.43. The first-order chi connectivity index (χ1) is 9.65. The second-order valence-electron chi connectivity index (χ2n) is 4.43. The average Bonchev–Trinajstić information content (AvgIpc) is 2.41. The van der Waals surface area contributed by atoms with E-state index < -0.39 is 0 Å². The fourth-order valence-electron chi connectivity index (χ4n) is 1.77. The van der Waals surface area contributed by atoms with E-state index >= 15 is 0 Å². The lowest BCUT2D eigenvalue weighted by Gasteiger charge is -2.08. The normalized spacial score (nSPS) is 10.3. The lowest BCUT2D eigenvalue weighted by molar-refractivity contribution is -0.115. The predicted octanol–water partition coefficient (Wildman–Crippen LogP) is 2.26. The van der Waals surface area contributed by atoms with Gasteiger partial charge in [-0.2, -0.15) is 0 Å². The van der Waals surface area contributed by atoms with Gasteiger partial charge in [-0.25, -0.2) is 4.39 Å². The lowest BCUT2D eigenvalue weighted by atomic mass is 10.2. The van der Waals surface area contributed by atoms with Crippen LogP contribution < -0.4 is 10.6 Å². The third-order valence-electron chi connectivity index (χ3n) is 2.80. The van der Waals surface area contributed by atoms with Crippen molar-refractivity contribution in [2.75, 3.05) is 11.9 Å². The highest BCUT2D eigenvalue weighted by molar-refractivity contribution is 5.92. The molecule has 0 aliphatic rings. The molecule has 20 heavy (non-hydrogen) atoms. The van der Waals surface area contributed by atoms with Crippen molar-refractivity contribution in [3.05, 3.63) is 59.7 Å². The van der Waals surface area contributed by atoms with Gasteiger partial charge in [0.05, 0.1) is 12.2 Å². The molecule has 0 unspecified atom stereocenters. The lowest BCUT2D eigenvalue weighted by Crippen LogP contribution is -2.28. The minimum Gasteiger partial charge on any atom is -0.325 e. The molecule has 0 atom stereocenters. The molecule has 1 heterocycles. The molecule has 0 saturated carbocycles. The summed E-state index contributed by atoms with van der Waals surface area (Å²) >= 11 is 0. The van der Waals surface area contributed by atoms with E-state index in [0.29, 0.717) is 12.2 Å². The number of aromatic nitrogens is 1. The first kappa shape index (κ1) is 14.1. The molecule has 2 aromatic rings. The quantitative estimate of drug-likeness (QED) is 0.878. The Morgan fingerprint density at radius 2 is 2.15 bits per heavy atom. The first-order valence-corrected chi connectivity index (χ1v) is 6.32. The molecule has 0 bridgehead atoms. The zero-order chi connectivity index (χ0) is 14.4. The molecular formula is C15H16FN3O. The van der Waals surface area contributed by atoms with E-state index in [1.807, 2.05) is 19.1 Å². The van der Waals surface area contributed by atoms with Gasteiger partial charge in [0.15, 0.2) is 0 Å². The molecule has 0 aliphatic heterocycles. The standard InChI is InChI=1S/C15H16FN3O/c1-11-4-3-7-18-14(11)9-17-10-15(20)19-13-6-2-5-12(16)8-13/h2-8,17H,9-10H2,1H3,(H,19,20). The van der Waals surface area contributed by atoms with Gasteiger partial charge in [0.2, 0.25) is 5.91 Å². The van der Waals surface area contributed by atoms with Gasteiger partial charge >= 0.3 is 0 Å². The molecule has 5 heteroatoms. The predicted molar refractivity (Wildman–Crippen MR) is 75.7 cm³/mol. The van der Waals surface area contributed by atoms with Gasteiger partial charge in [-0.15, -0.1) is 0 Å². The van der Waals surface area contributed by atoms with Crippen molar-refractivity contribution >= 4 is 11.6 Å². The zero-order valence-electron chi connectivity index (χ0n) is 11.2. The molecule has 1 aromatic heterocycles. The summed E-state index contributed by atoms with van der Waals surface area (Å²) in [6, 6.07) is 9.64. The van der Waals surface area contributed by atoms with Gasteiger partial charge in [0.1, 0.15) is 5.82 Å². The molecule has 1 amide bonds. The van der Waals surface area contributed by atoms with E-state index in [9.17, 15) is 9.18 Å². The summed E-state index contributed by atoms with van der Waals surface area (Å²) in [5, 5.41) is 5.63. The maximum absolute atomic E-state index is 13.0. The van der Waals surface area contributed by atoms with E-state index in [1.165, 1.54) is 12.1 Å². The number of carbonyl (C=O) groups is 1. The van der Waals surface area contributed by atoms with Crippen molar-refractivity contribution in [2.24, 2.45) is 0 Å². The molecule has 0 fully saturated rings. The second kappa shape index (κ2) is 6.77. The number of hydrogen-bond donors (Lipinski definition) is 2.